The van der Waals surface area contributed by atoms with Gasteiger partial charge in [0.25, 0.3) is 5.91 Å². The largest absolute Gasteiger partial charge is 0.349 e. The lowest BCUT2D eigenvalue weighted by Crippen LogP contribution is -2.39. The molecule has 9 heteroatoms. The van der Waals surface area contributed by atoms with Crippen molar-refractivity contribution >= 4 is 27.3 Å². The van der Waals surface area contributed by atoms with Gasteiger partial charge in [-0.25, -0.2) is 13.4 Å². The fourth-order valence-electron chi connectivity index (χ4n) is 4.72. The number of carbonyl (C=O) groups excluding carboxylic acids is 1. The summed E-state index contributed by atoms with van der Waals surface area (Å²) in [6.45, 7) is 2.96. The maximum atomic E-state index is 12.6. The number of sulfonamides is 1. The Morgan fingerprint density at radius 3 is 2.63 bits per heavy atom. The Morgan fingerprint density at radius 1 is 1.03 bits per heavy atom. The van der Waals surface area contributed by atoms with Crippen LogP contribution in [0.2, 0.25) is 0 Å². The van der Waals surface area contributed by atoms with Crippen molar-refractivity contribution < 1.29 is 13.2 Å². The predicted molar refractivity (Wildman–Crippen MR) is 138 cm³/mol. The van der Waals surface area contributed by atoms with Gasteiger partial charge in [0.15, 0.2) is 0 Å². The molecule has 186 valence electrons. The maximum absolute atomic E-state index is 12.6. The van der Waals surface area contributed by atoms with E-state index >= 15 is 0 Å². The number of imidazole rings is 1. The molecule has 35 heavy (non-hydrogen) atoms. The van der Waals surface area contributed by atoms with Crippen molar-refractivity contribution in [2.24, 2.45) is 0 Å². The average molecular weight is 496 g/mol. The van der Waals surface area contributed by atoms with E-state index in [1.54, 1.807) is 24.4 Å². The van der Waals surface area contributed by atoms with Crippen molar-refractivity contribution in [1.82, 2.24) is 19.6 Å². The molecule has 0 radical (unpaired) electrons. The van der Waals surface area contributed by atoms with Crippen molar-refractivity contribution in [2.45, 2.75) is 51.0 Å². The van der Waals surface area contributed by atoms with Gasteiger partial charge in [-0.2, -0.15) is 0 Å². The lowest BCUT2D eigenvalue weighted by atomic mass is 9.93. The molecule has 2 fully saturated rings. The number of anilines is 1. The van der Waals surface area contributed by atoms with Gasteiger partial charge in [-0.3, -0.25) is 9.52 Å². The van der Waals surface area contributed by atoms with E-state index in [2.05, 4.69) is 19.9 Å². The van der Waals surface area contributed by atoms with Crippen LogP contribution in [-0.2, 0) is 10.0 Å². The van der Waals surface area contributed by atoms with E-state index in [-0.39, 0.29) is 17.7 Å². The zero-order valence-electron chi connectivity index (χ0n) is 19.9. The van der Waals surface area contributed by atoms with Crippen LogP contribution in [-0.4, -0.2) is 60.0 Å². The smallest absolute Gasteiger partial charge is 0.252 e. The third-order valence-electron chi connectivity index (χ3n) is 6.92. The van der Waals surface area contributed by atoms with Crippen molar-refractivity contribution in [2.75, 3.05) is 30.1 Å². The molecular formula is C26H33N5O3S. The molecule has 0 atom stereocenters. The highest BCUT2D eigenvalue weighted by molar-refractivity contribution is 7.92. The number of carbonyl (C=O) groups is 1. The number of nitrogens with one attached hydrogen (secondary N) is 2. The number of hydrogen-bond donors (Lipinski definition) is 2. The van der Waals surface area contributed by atoms with Crippen LogP contribution < -0.4 is 10.0 Å². The van der Waals surface area contributed by atoms with Crippen LogP contribution in [0.15, 0.2) is 48.8 Å². The zero-order valence-corrected chi connectivity index (χ0v) is 20.8. The minimum absolute atomic E-state index is 0.0662. The van der Waals surface area contributed by atoms with Crippen LogP contribution in [0.25, 0.3) is 16.9 Å². The molecule has 1 aliphatic carbocycles. The molecule has 1 amide bonds. The topological polar surface area (TPSA) is 95.8 Å². The average Bonchev–Trinajstić information content (AvgIpc) is 3.25. The van der Waals surface area contributed by atoms with E-state index in [4.69, 9.17) is 0 Å². The summed E-state index contributed by atoms with van der Waals surface area (Å²) in [7, 11) is -3.43. The van der Waals surface area contributed by atoms with Gasteiger partial charge in [-0.1, -0.05) is 18.6 Å². The molecule has 1 saturated carbocycles. The van der Waals surface area contributed by atoms with E-state index in [1.807, 2.05) is 28.8 Å². The highest BCUT2D eigenvalue weighted by Crippen LogP contribution is 2.24. The Morgan fingerprint density at radius 2 is 1.86 bits per heavy atom. The molecule has 0 spiro atoms. The molecule has 8 nitrogen and oxygen atoms in total. The summed E-state index contributed by atoms with van der Waals surface area (Å²) in [6, 6.07) is 11.2. The van der Waals surface area contributed by atoms with Crippen molar-refractivity contribution in [3.05, 3.63) is 54.4 Å². The second-order valence-corrected chi connectivity index (χ2v) is 11.5. The number of fused-ring (bicyclic) bond motifs is 1. The monoisotopic (exact) mass is 495 g/mol. The first-order chi connectivity index (χ1) is 16.9. The Balaban J connectivity index is 1.24. The molecule has 2 aromatic heterocycles. The molecule has 2 aliphatic rings. The Kier molecular flexibility index (Phi) is 7.06. The molecule has 3 aromatic rings. The summed E-state index contributed by atoms with van der Waals surface area (Å²) in [5, 5.41) is 3.06. The fourth-order valence-corrected chi connectivity index (χ4v) is 5.82. The van der Waals surface area contributed by atoms with E-state index in [1.165, 1.54) is 25.7 Å². The van der Waals surface area contributed by atoms with Crippen LogP contribution in [0, 0.1) is 0 Å². The van der Waals surface area contributed by atoms with Crippen LogP contribution in [0.1, 0.15) is 55.3 Å². The van der Waals surface area contributed by atoms with Crippen molar-refractivity contribution in [1.29, 1.82) is 0 Å². The van der Waals surface area contributed by atoms with Crippen LogP contribution in [0.5, 0.6) is 0 Å². The number of piperidine rings is 1. The number of pyridine rings is 1. The van der Waals surface area contributed by atoms with E-state index < -0.39 is 10.0 Å². The molecule has 2 N–H and O–H groups in total. The standard InChI is InChI=1S/C26H33N5O3S/c32-26(27-22-8-5-9-22)21-11-12-25-28-24(19-31(25)18-21)20-7-4-10-23(17-20)29-35(33,34)16-6-15-30-13-2-1-3-14-30/h4,7,10-12,17-19,22,29H,1-3,5-6,8-9,13-16H2,(H,27,32). The Hall–Kier alpha value is -2.91. The molecule has 1 aromatic carbocycles. The highest BCUT2D eigenvalue weighted by Gasteiger charge is 2.20. The number of amides is 1. The second-order valence-electron chi connectivity index (χ2n) is 9.67. The van der Waals surface area contributed by atoms with Gasteiger partial charge in [0.05, 0.1) is 17.0 Å². The predicted octanol–water partition coefficient (Wildman–Crippen LogP) is 3.90. The maximum Gasteiger partial charge on any atom is 0.252 e. The summed E-state index contributed by atoms with van der Waals surface area (Å²) in [5.74, 6) is 0.0388. The molecule has 0 bridgehead atoms. The molecule has 1 saturated heterocycles. The fraction of sp³-hybridized carbons (Fsp3) is 0.462. The number of hydrogen-bond acceptors (Lipinski definition) is 5. The van der Waals surface area contributed by atoms with Gasteiger partial charge >= 0.3 is 0 Å². The van der Waals surface area contributed by atoms with Crippen molar-refractivity contribution in [3.63, 3.8) is 0 Å². The van der Waals surface area contributed by atoms with Crippen LogP contribution >= 0.6 is 0 Å². The normalized spacial score (nSPS) is 17.3. The first-order valence-corrected chi connectivity index (χ1v) is 14.2. The first kappa shape index (κ1) is 23.8. The van der Waals surface area contributed by atoms with Gasteiger partial charge in [0, 0.05) is 29.7 Å². The van der Waals surface area contributed by atoms with Gasteiger partial charge in [-0.05, 0) is 82.4 Å². The molecule has 3 heterocycles. The van der Waals surface area contributed by atoms with Gasteiger partial charge in [0.2, 0.25) is 10.0 Å². The van der Waals surface area contributed by atoms with E-state index in [0.29, 0.717) is 23.4 Å². The lowest BCUT2D eigenvalue weighted by Gasteiger charge is -2.26. The Labute approximate surface area is 206 Å². The number of aromatic nitrogens is 2. The third kappa shape index (κ3) is 6.02. The summed E-state index contributed by atoms with van der Waals surface area (Å²) in [6.07, 6.45) is 11.2. The second kappa shape index (κ2) is 10.4. The zero-order chi connectivity index (χ0) is 24.3. The number of rotatable bonds is 9. The minimum atomic E-state index is -3.43. The molecular weight excluding hydrogens is 462 g/mol. The van der Waals surface area contributed by atoms with Gasteiger partial charge in [-0.15, -0.1) is 0 Å². The number of benzene rings is 1. The Bertz CT molecular complexity index is 1290. The molecule has 0 unspecified atom stereocenters. The SMILES string of the molecule is O=C(NC1CCC1)c1ccc2nc(-c3cccc(NS(=O)(=O)CCCN4CCCCC4)c3)cn2c1. The van der Waals surface area contributed by atoms with Crippen LogP contribution in [0.3, 0.4) is 0 Å². The number of likely N-dealkylation sites (tertiary alicyclic amines) is 1. The van der Waals surface area contributed by atoms with Gasteiger partial charge < -0.3 is 14.6 Å². The van der Waals surface area contributed by atoms with Crippen molar-refractivity contribution in [3.8, 4) is 11.3 Å². The number of nitrogens with zero attached hydrogens (tertiary/aromatic N) is 3. The third-order valence-corrected chi connectivity index (χ3v) is 8.29. The summed E-state index contributed by atoms with van der Waals surface area (Å²) in [5.41, 5.74) is 3.37. The molecule has 5 rings (SSSR count). The summed E-state index contributed by atoms with van der Waals surface area (Å²) >= 11 is 0. The summed E-state index contributed by atoms with van der Waals surface area (Å²) < 4.78 is 29.8. The quantitative estimate of drug-likeness (QED) is 0.469. The minimum Gasteiger partial charge on any atom is -0.349 e. The van der Waals surface area contributed by atoms with Gasteiger partial charge in [0.1, 0.15) is 5.65 Å². The lowest BCUT2D eigenvalue weighted by molar-refractivity contribution is 0.0916. The first-order valence-electron chi connectivity index (χ1n) is 12.6. The van der Waals surface area contributed by atoms with Crippen LogP contribution in [0.4, 0.5) is 5.69 Å². The molecule has 1 aliphatic heterocycles. The summed E-state index contributed by atoms with van der Waals surface area (Å²) in [4.78, 5) is 19.5. The van der Waals surface area contributed by atoms with E-state index in [0.717, 1.165) is 43.7 Å². The highest BCUT2D eigenvalue weighted by atomic mass is 32.2. The van der Waals surface area contributed by atoms with E-state index in [9.17, 15) is 13.2 Å².